The summed E-state index contributed by atoms with van der Waals surface area (Å²) in [4.78, 5) is 6.18. The van der Waals surface area contributed by atoms with Gasteiger partial charge >= 0.3 is 0 Å². The molecule has 2 nitrogen and oxygen atoms in total. The Labute approximate surface area is 55.9 Å². The topological polar surface area (TPSA) is 15.6 Å². The summed E-state index contributed by atoms with van der Waals surface area (Å²) in [6.07, 6.45) is 6.00. The van der Waals surface area contributed by atoms with E-state index in [1.807, 2.05) is 6.34 Å². The lowest BCUT2D eigenvalue weighted by atomic mass is 10.3. The van der Waals surface area contributed by atoms with Crippen LogP contribution in [0.3, 0.4) is 0 Å². The van der Waals surface area contributed by atoms with E-state index in [0.29, 0.717) is 6.04 Å². The molecule has 0 N–H and O–H groups in total. The first-order valence-electron chi connectivity index (χ1n) is 3.25. The predicted octanol–water partition coefficient (Wildman–Crippen LogP) is 1.25. The van der Waals surface area contributed by atoms with Crippen LogP contribution >= 0.6 is 0 Å². The van der Waals surface area contributed by atoms with E-state index in [0.717, 1.165) is 6.54 Å². The van der Waals surface area contributed by atoms with Crippen molar-refractivity contribution in [3.63, 3.8) is 0 Å². The number of aliphatic imine (C=N–C) groups is 1. The third-order valence-electron chi connectivity index (χ3n) is 1.30. The minimum absolute atomic E-state index is 0.533. The molecule has 2 heteroatoms. The number of hydrogen-bond donors (Lipinski definition) is 0. The minimum Gasteiger partial charge on any atom is -0.337 e. The van der Waals surface area contributed by atoms with E-state index >= 15 is 0 Å². The Morgan fingerprint density at radius 3 is 2.67 bits per heavy atom. The SMILES string of the molecule is CC(C)N1C=CCN=C1. The van der Waals surface area contributed by atoms with Gasteiger partial charge in [-0.25, -0.2) is 0 Å². The van der Waals surface area contributed by atoms with Crippen molar-refractivity contribution < 1.29 is 0 Å². The van der Waals surface area contributed by atoms with Crippen LogP contribution in [0.4, 0.5) is 0 Å². The van der Waals surface area contributed by atoms with Crippen molar-refractivity contribution in [1.82, 2.24) is 4.90 Å². The van der Waals surface area contributed by atoms with Crippen LogP contribution in [0, 0.1) is 0 Å². The smallest absolute Gasteiger partial charge is 0.0895 e. The minimum atomic E-state index is 0.533. The average Bonchev–Trinajstić information content (AvgIpc) is 1.90. The summed E-state index contributed by atoms with van der Waals surface area (Å²) in [7, 11) is 0. The van der Waals surface area contributed by atoms with Crippen molar-refractivity contribution in [2.45, 2.75) is 19.9 Å². The Hall–Kier alpha value is -0.790. The molecule has 0 bridgehead atoms. The Morgan fingerprint density at radius 2 is 2.33 bits per heavy atom. The Kier molecular flexibility index (Phi) is 1.88. The molecule has 0 aromatic rings. The van der Waals surface area contributed by atoms with Crippen LogP contribution in [0.2, 0.25) is 0 Å². The third kappa shape index (κ3) is 1.56. The van der Waals surface area contributed by atoms with Crippen molar-refractivity contribution in [2.24, 2.45) is 4.99 Å². The van der Waals surface area contributed by atoms with E-state index in [9.17, 15) is 0 Å². The van der Waals surface area contributed by atoms with E-state index in [4.69, 9.17) is 0 Å². The van der Waals surface area contributed by atoms with Crippen LogP contribution in [-0.2, 0) is 0 Å². The first kappa shape index (κ1) is 6.33. The zero-order chi connectivity index (χ0) is 6.69. The van der Waals surface area contributed by atoms with Gasteiger partial charge in [-0.15, -0.1) is 0 Å². The molecule has 0 spiro atoms. The lowest BCUT2D eigenvalue weighted by Gasteiger charge is -2.20. The quantitative estimate of drug-likeness (QED) is 0.513. The van der Waals surface area contributed by atoms with E-state index < -0.39 is 0 Å². The molecule has 0 aliphatic carbocycles. The van der Waals surface area contributed by atoms with Crippen LogP contribution < -0.4 is 0 Å². The Bertz CT molecular complexity index is 124. The van der Waals surface area contributed by atoms with Gasteiger partial charge < -0.3 is 4.90 Å². The molecule has 0 aromatic heterocycles. The van der Waals surface area contributed by atoms with Gasteiger partial charge in [0.2, 0.25) is 0 Å². The van der Waals surface area contributed by atoms with Crippen molar-refractivity contribution in [1.29, 1.82) is 0 Å². The zero-order valence-electron chi connectivity index (χ0n) is 5.91. The molecule has 0 fully saturated rings. The van der Waals surface area contributed by atoms with Gasteiger partial charge in [-0.1, -0.05) is 0 Å². The summed E-state index contributed by atoms with van der Waals surface area (Å²) in [6.45, 7) is 5.12. The monoisotopic (exact) mass is 124 g/mol. The van der Waals surface area contributed by atoms with Gasteiger partial charge in [0, 0.05) is 12.2 Å². The molecule has 1 rings (SSSR count). The van der Waals surface area contributed by atoms with Crippen molar-refractivity contribution in [2.75, 3.05) is 6.54 Å². The van der Waals surface area contributed by atoms with Gasteiger partial charge in [0.25, 0.3) is 0 Å². The van der Waals surface area contributed by atoms with Gasteiger partial charge in [-0.3, -0.25) is 4.99 Å². The molecule has 9 heavy (non-hydrogen) atoms. The van der Waals surface area contributed by atoms with Gasteiger partial charge in [-0.2, -0.15) is 0 Å². The molecule has 0 amide bonds. The Balaban J connectivity index is 2.49. The summed E-state index contributed by atoms with van der Waals surface area (Å²) in [5, 5.41) is 0. The highest BCUT2D eigenvalue weighted by atomic mass is 15.2. The molecular weight excluding hydrogens is 112 g/mol. The van der Waals surface area contributed by atoms with Gasteiger partial charge in [0.05, 0.1) is 12.9 Å². The first-order chi connectivity index (χ1) is 4.30. The molecule has 50 valence electrons. The molecule has 1 aliphatic rings. The third-order valence-corrected chi connectivity index (χ3v) is 1.30. The van der Waals surface area contributed by atoms with Crippen LogP contribution in [0.1, 0.15) is 13.8 Å². The van der Waals surface area contributed by atoms with Crippen LogP contribution in [0.15, 0.2) is 17.3 Å². The highest BCUT2D eigenvalue weighted by molar-refractivity contribution is 5.58. The number of hydrogen-bond acceptors (Lipinski definition) is 2. The fourth-order valence-electron chi connectivity index (χ4n) is 0.715. The second-order valence-electron chi connectivity index (χ2n) is 2.41. The standard InChI is InChI=1S/C7H12N2/c1-7(2)9-5-3-4-8-6-9/h3,5-7H,4H2,1-2H3. The maximum Gasteiger partial charge on any atom is 0.0895 e. The molecule has 1 heterocycles. The number of nitrogens with zero attached hydrogens (tertiary/aromatic N) is 2. The molecule has 0 atom stereocenters. The van der Waals surface area contributed by atoms with Crippen LogP contribution in [0.25, 0.3) is 0 Å². The van der Waals surface area contributed by atoms with Gasteiger partial charge in [0.1, 0.15) is 0 Å². The number of rotatable bonds is 1. The van der Waals surface area contributed by atoms with Gasteiger partial charge in [-0.05, 0) is 19.9 Å². The molecule has 0 radical (unpaired) electrons. The Morgan fingerprint density at radius 1 is 1.56 bits per heavy atom. The zero-order valence-corrected chi connectivity index (χ0v) is 5.91. The maximum atomic E-state index is 4.09. The second-order valence-corrected chi connectivity index (χ2v) is 2.41. The van der Waals surface area contributed by atoms with Crippen molar-refractivity contribution in [3.05, 3.63) is 12.3 Å². The average molecular weight is 124 g/mol. The summed E-state index contributed by atoms with van der Waals surface area (Å²) >= 11 is 0. The summed E-state index contributed by atoms with van der Waals surface area (Å²) < 4.78 is 0. The fraction of sp³-hybridized carbons (Fsp3) is 0.571. The van der Waals surface area contributed by atoms with E-state index in [1.165, 1.54) is 0 Å². The summed E-state index contributed by atoms with van der Waals surface area (Å²) in [5.74, 6) is 0. The highest BCUT2D eigenvalue weighted by Gasteiger charge is 2.00. The fourth-order valence-corrected chi connectivity index (χ4v) is 0.715. The molecule has 1 aliphatic heterocycles. The summed E-state index contributed by atoms with van der Waals surface area (Å²) in [5.41, 5.74) is 0. The molecule has 0 unspecified atom stereocenters. The molecule has 0 aromatic carbocycles. The van der Waals surface area contributed by atoms with E-state index in [-0.39, 0.29) is 0 Å². The molecular formula is C7H12N2. The van der Waals surface area contributed by atoms with Crippen molar-refractivity contribution in [3.8, 4) is 0 Å². The highest BCUT2D eigenvalue weighted by Crippen LogP contribution is 1.98. The predicted molar refractivity (Wildman–Crippen MR) is 39.5 cm³/mol. The maximum absolute atomic E-state index is 4.09. The second kappa shape index (κ2) is 2.67. The van der Waals surface area contributed by atoms with E-state index in [2.05, 4.69) is 36.0 Å². The van der Waals surface area contributed by atoms with Crippen molar-refractivity contribution >= 4 is 6.34 Å². The largest absolute Gasteiger partial charge is 0.337 e. The van der Waals surface area contributed by atoms with Gasteiger partial charge in [0.15, 0.2) is 0 Å². The van der Waals surface area contributed by atoms with E-state index in [1.54, 1.807) is 0 Å². The normalized spacial score (nSPS) is 17.4. The van der Waals surface area contributed by atoms with Crippen LogP contribution in [0.5, 0.6) is 0 Å². The summed E-state index contributed by atoms with van der Waals surface area (Å²) in [6, 6.07) is 0.533. The first-order valence-corrected chi connectivity index (χ1v) is 3.25. The van der Waals surface area contributed by atoms with Crippen LogP contribution in [-0.4, -0.2) is 23.8 Å². The lowest BCUT2D eigenvalue weighted by molar-refractivity contribution is 0.464. The lowest BCUT2D eigenvalue weighted by Crippen LogP contribution is -2.25. The molecule has 0 saturated carbocycles. The molecule has 0 saturated heterocycles.